The van der Waals surface area contributed by atoms with Gasteiger partial charge >= 0.3 is 0 Å². The van der Waals surface area contributed by atoms with Gasteiger partial charge in [-0.2, -0.15) is 5.10 Å². The molecule has 1 heterocycles. The number of nitrogens with one attached hydrogen (secondary N) is 1. The molecule has 0 aliphatic carbocycles. The van der Waals surface area contributed by atoms with Gasteiger partial charge in [0.25, 0.3) is 0 Å². The Morgan fingerprint density at radius 1 is 1.00 bits per heavy atom. The molecule has 1 aromatic heterocycles. The van der Waals surface area contributed by atoms with Gasteiger partial charge in [0.05, 0.1) is 5.69 Å². The van der Waals surface area contributed by atoms with Crippen LogP contribution in [0.5, 0.6) is 11.5 Å². The maximum Gasteiger partial charge on any atom is 0.127 e. The zero-order chi connectivity index (χ0) is 20.0. The van der Waals surface area contributed by atoms with E-state index in [0.29, 0.717) is 6.04 Å². The van der Waals surface area contributed by atoms with Crippen LogP contribution in [-0.4, -0.2) is 16.3 Å². The summed E-state index contributed by atoms with van der Waals surface area (Å²) >= 11 is 0. The van der Waals surface area contributed by atoms with Crippen molar-refractivity contribution in [2.24, 2.45) is 7.05 Å². The van der Waals surface area contributed by atoms with Crippen LogP contribution in [0.3, 0.4) is 0 Å². The molecule has 0 saturated carbocycles. The van der Waals surface area contributed by atoms with Crippen molar-refractivity contribution in [2.75, 3.05) is 6.54 Å². The molecule has 0 saturated heterocycles. The lowest BCUT2D eigenvalue weighted by Crippen LogP contribution is -2.35. The highest BCUT2D eigenvalue weighted by Gasteiger charge is 2.24. The van der Waals surface area contributed by atoms with Gasteiger partial charge in [-0.25, -0.2) is 0 Å². The van der Waals surface area contributed by atoms with Gasteiger partial charge in [-0.05, 0) is 42.3 Å². The maximum atomic E-state index is 5.92. The van der Waals surface area contributed by atoms with Crippen LogP contribution in [0, 0.1) is 0 Å². The third-order valence-corrected chi connectivity index (χ3v) is 5.04. The Morgan fingerprint density at radius 3 is 2.29 bits per heavy atom. The summed E-state index contributed by atoms with van der Waals surface area (Å²) in [6, 6.07) is 20.7. The molecule has 1 atom stereocenters. The fraction of sp³-hybridized carbons (Fsp3) is 0.375. The average Bonchev–Trinajstić information content (AvgIpc) is 3.14. The Morgan fingerprint density at radius 2 is 1.68 bits per heavy atom. The predicted octanol–water partition coefficient (Wildman–Crippen LogP) is 5.62. The molecule has 3 rings (SSSR count). The summed E-state index contributed by atoms with van der Waals surface area (Å²) in [5.41, 5.74) is 2.38. The molecule has 0 fully saturated rings. The highest BCUT2D eigenvalue weighted by Crippen LogP contribution is 2.27. The summed E-state index contributed by atoms with van der Waals surface area (Å²) in [6.45, 7) is 7.58. The van der Waals surface area contributed by atoms with Gasteiger partial charge in [0, 0.05) is 31.2 Å². The maximum absolute atomic E-state index is 5.92. The number of hydrogen-bond acceptors (Lipinski definition) is 3. The van der Waals surface area contributed by atoms with Crippen LogP contribution in [0.25, 0.3) is 0 Å². The van der Waals surface area contributed by atoms with E-state index in [4.69, 9.17) is 4.74 Å². The van der Waals surface area contributed by atoms with Crippen molar-refractivity contribution < 1.29 is 4.74 Å². The number of aryl methyl sites for hydroxylation is 1. The molecule has 0 aliphatic heterocycles. The molecule has 0 aliphatic rings. The Bertz CT molecular complexity index is 853. The second-order valence-corrected chi connectivity index (χ2v) is 7.96. The lowest BCUT2D eigenvalue weighted by Gasteiger charge is -2.27. The Balaban J connectivity index is 1.66. The first kappa shape index (κ1) is 20.2. The quantitative estimate of drug-likeness (QED) is 0.526. The van der Waals surface area contributed by atoms with E-state index in [1.165, 1.54) is 5.56 Å². The van der Waals surface area contributed by atoms with E-state index in [1.807, 2.05) is 48.3 Å². The third kappa shape index (κ3) is 5.23. The predicted molar refractivity (Wildman–Crippen MR) is 115 cm³/mol. The highest BCUT2D eigenvalue weighted by molar-refractivity contribution is 5.34. The van der Waals surface area contributed by atoms with Crippen molar-refractivity contribution in [1.82, 2.24) is 15.1 Å². The molecular formula is C24H31N3O. The smallest absolute Gasteiger partial charge is 0.127 e. The molecule has 0 bridgehead atoms. The van der Waals surface area contributed by atoms with Crippen molar-refractivity contribution in [2.45, 2.75) is 45.1 Å². The lowest BCUT2D eigenvalue weighted by atomic mass is 9.88. The number of ether oxygens (including phenoxy) is 1. The Kier molecular flexibility index (Phi) is 6.53. The molecule has 0 spiro atoms. The molecule has 28 heavy (non-hydrogen) atoms. The molecule has 148 valence electrons. The topological polar surface area (TPSA) is 39.1 Å². The van der Waals surface area contributed by atoms with Crippen molar-refractivity contribution in [3.8, 4) is 11.5 Å². The van der Waals surface area contributed by atoms with Crippen LogP contribution in [-0.2, 0) is 12.5 Å². The van der Waals surface area contributed by atoms with E-state index in [-0.39, 0.29) is 5.41 Å². The Labute approximate surface area is 168 Å². The summed E-state index contributed by atoms with van der Waals surface area (Å²) in [6.07, 6.45) is 4.23. The van der Waals surface area contributed by atoms with Crippen molar-refractivity contribution in [3.63, 3.8) is 0 Å². The molecule has 4 heteroatoms. The first-order valence-electron chi connectivity index (χ1n) is 10.0. The van der Waals surface area contributed by atoms with Crippen molar-refractivity contribution in [1.29, 1.82) is 0 Å². The monoisotopic (exact) mass is 377 g/mol. The molecule has 3 aromatic rings. The summed E-state index contributed by atoms with van der Waals surface area (Å²) in [5.74, 6) is 1.72. The standard InChI is InChI=1S/C24H31N3O/c1-5-9-22(25-18-24(2,3)23-16-17-27(4)26-23)19-12-14-21(15-13-19)28-20-10-7-6-8-11-20/h6-8,10-17,22,25H,5,9,18H2,1-4H3. The summed E-state index contributed by atoms with van der Waals surface area (Å²) in [4.78, 5) is 0. The molecule has 1 unspecified atom stereocenters. The Hall–Kier alpha value is -2.59. The number of benzene rings is 2. The third-order valence-electron chi connectivity index (χ3n) is 5.04. The molecule has 0 radical (unpaired) electrons. The summed E-state index contributed by atoms with van der Waals surface area (Å²) in [5, 5.41) is 8.35. The van der Waals surface area contributed by atoms with E-state index >= 15 is 0 Å². The fourth-order valence-corrected chi connectivity index (χ4v) is 3.31. The number of aromatic nitrogens is 2. The van der Waals surface area contributed by atoms with E-state index in [0.717, 1.165) is 36.6 Å². The zero-order valence-electron chi connectivity index (χ0n) is 17.4. The summed E-state index contributed by atoms with van der Waals surface area (Å²) in [7, 11) is 1.96. The largest absolute Gasteiger partial charge is 0.457 e. The fourth-order valence-electron chi connectivity index (χ4n) is 3.31. The lowest BCUT2D eigenvalue weighted by molar-refractivity contribution is 0.397. The van der Waals surface area contributed by atoms with E-state index in [2.05, 4.69) is 61.5 Å². The average molecular weight is 378 g/mol. The second kappa shape index (κ2) is 9.07. The van der Waals surface area contributed by atoms with Crippen molar-refractivity contribution >= 4 is 0 Å². The van der Waals surface area contributed by atoms with Crippen LogP contribution < -0.4 is 10.1 Å². The second-order valence-electron chi connectivity index (χ2n) is 7.96. The van der Waals surface area contributed by atoms with Crippen LogP contribution in [0.2, 0.25) is 0 Å². The van der Waals surface area contributed by atoms with Gasteiger partial charge in [0.1, 0.15) is 11.5 Å². The molecule has 1 N–H and O–H groups in total. The first-order chi connectivity index (χ1) is 13.5. The van der Waals surface area contributed by atoms with Crippen molar-refractivity contribution in [3.05, 3.63) is 78.1 Å². The van der Waals surface area contributed by atoms with Crippen LogP contribution in [0.1, 0.15) is 50.9 Å². The summed E-state index contributed by atoms with van der Waals surface area (Å²) < 4.78 is 7.78. The van der Waals surface area contributed by atoms with Gasteiger partial charge in [-0.15, -0.1) is 0 Å². The van der Waals surface area contributed by atoms with E-state index in [1.54, 1.807) is 0 Å². The molecule has 2 aromatic carbocycles. The minimum atomic E-state index is -0.0242. The van der Waals surface area contributed by atoms with Gasteiger partial charge in [0.15, 0.2) is 0 Å². The van der Waals surface area contributed by atoms with Gasteiger partial charge in [0.2, 0.25) is 0 Å². The SMILES string of the molecule is CCCC(NCC(C)(C)c1ccn(C)n1)c1ccc(Oc2ccccc2)cc1. The van der Waals surface area contributed by atoms with E-state index in [9.17, 15) is 0 Å². The first-order valence-corrected chi connectivity index (χ1v) is 10.0. The number of rotatable bonds is 9. The highest BCUT2D eigenvalue weighted by atomic mass is 16.5. The molecule has 4 nitrogen and oxygen atoms in total. The van der Waals surface area contributed by atoms with Gasteiger partial charge in [-0.3, -0.25) is 4.68 Å². The zero-order valence-corrected chi connectivity index (χ0v) is 17.4. The molecule has 0 amide bonds. The number of nitrogens with zero attached hydrogens (tertiary/aromatic N) is 2. The van der Waals surface area contributed by atoms with Crippen LogP contribution in [0.15, 0.2) is 66.9 Å². The minimum absolute atomic E-state index is 0.0242. The van der Waals surface area contributed by atoms with Gasteiger partial charge in [-0.1, -0.05) is 57.5 Å². The number of hydrogen-bond donors (Lipinski definition) is 1. The van der Waals surface area contributed by atoms with Gasteiger partial charge < -0.3 is 10.1 Å². The van der Waals surface area contributed by atoms with Crippen LogP contribution in [0.4, 0.5) is 0 Å². The minimum Gasteiger partial charge on any atom is -0.457 e. The number of para-hydroxylation sites is 1. The normalized spacial score (nSPS) is 12.7. The molecular weight excluding hydrogens is 346 g/mol. The van der Waals surface area contributed by atoms with E-state index < -0.39 is 0 Å². The van der Waals surface area contributed by atoms with Crippen LogP contribution >= 0.6 is 0 Å².